The molecule has 1 atom stereocenters. The molecule has 1 amide bonds. The van der Waals surface area contributed by atoms with Gasteiger partial charge in [-0.25, -0.2) is 18.2 Å². The average Bonchev–Trinajstić information content (AvgIpc) is 3.14. The second kappa shape index (κ2) is 8.14. The maximum Gasteiger partial charge on any atom is 0.329 e. The van der Waals surface area contributed by atoms with E-state index in [1.807, 2.05) is 0 Å². The lowest BCUT2D eigenvalue weighted by molar-refractivity contribution is -0.157. The summed E-state index contributed by atoms with van der Waals surface area (Å²) in [5.41, 5.74) is 1.04. The van der Waals surface area contributed by atoms with Crippen molar-refractivity contribution in [3.8, 4) is 11.5 Å². The summed E-state index contributed by atoms with van der Waals surface area (Å²) < 4.78 is 33.8. The third-order valence-electron chi connectivity index (χ3n) is 4.62. The molecular weight excluding hydrogens is 384 g/mol. The van der Waals surface area contributed by atoms with Crippen LogP contribution in [0.4, 0.5) is 0 Å². The van der Waals surface area contributed by atoms with Gasteiger partial charge < -0.3 is 14.1 Å². The Morgan fingerprint density at radius 3 is 2.61 bits per heavy atom. The number of hydrogen-bond acceptors (Lipinski definition) is 7. The van der Waals surface area contributed by atoms with E-state index in [0.29, 0.717) is 30.1 Å². The second-order valence-corrected chi connectivity index (χ2v) is 8.79. The highest BCUT2D eigenvalue weighted by Gasteiger charge is 2.31. The number of sulfone groups is 1. The minimum absolute atomic E-state index is 0.0635. The van der Waals surface area contributed by atoms with E-state index < -0.39 is 21.8 Å². The number of carbonyl (C=O) groups excluding carboxylic acids is 2. The van der Waals surface area contributed by atoms with E-state index in [-0.39, 0.29) is 17.4 Å². The second-order valence-electron chi connectivity index (χ2n) is 6.77. The van der Waals surface area contributed by atoms with Crippen molar-refractivity contribution in [1.82, 2.24) is 9.88 Å². The van der Waals surface area contributed by atoms with Crippen LogP contribution in [0.2, 0.25) is 0 Å². The molecule has 1 aromatic carbocycles. The van der Waals surface area contributed by atoms with Crippen LogP contribution in [0.15, 0.2) is 39.8 Å². The SMILES string of the molecule is CC(=O)N1CCCCC1C(=O)OCc1coc(-c2ccc(S(C)(=O)=O)cc2)n1. The normalized spacial score (nSPS) is 17.4. The Bertz CT molecular complexity index is 965. The minimum Gasteiger partial charge on any atom is -0.458 e. The van der Waals surface area contributed by atoms with Crippen molar-refractivity contribution < 1.29 is 27.2 Å². The number of amides is 1. The summed E-state index contributed by atoms with van der Waals surface area (Å²) in [7, 11) is -3.27. The van der Waals surface area contributed by atoms with Crippen LogP contribution in [0.1, 0.15) is 31.9 Å². The molecule has 0 bridgehead atoms. The van der Waals surface area contributed by atoms with E-state index in [0.717, 1.165) is 19.1 Å². The van der Waals surface area contributed by atoms with Gasteiger partial charge in [0.15, 0.2) is 9.84 Å². The number of carbonyl (C=O) groups is 2. The first kappa shape index (κ1) is 20.1. The molecule has 1 aliphatic heterocycles. The number of esters is 1. The number of hydrogen-bond donors (Lipinski definition) is 0. The Labute approximate surface area is 163 Å². The monoisotopic (exact) mass is 406 g/mol. The fourth-order valence-electron chi connectivity index (χ4n) is 3.15. The quantitative estimate of drug-likeness (QED) is 0.701. The van der Waals surface area contributed by atoms with Crippen molar-refractivity contribution in [3.63, 3.8) is 0 Å². The van der Waals surface area contributed by atoms with Gasteiger partial charge in [-0.3, -0.25) is 4.79 Å². The number of benzene rings is 1. The fraction of sp³-hybridized carbons (Fsp3) is 0.421. The van der Waals surface area contributed by atoms with Gasteiger partial charge in [0.2, 0.25) is 11.8 Å². The molecule has 0 radical (unpaired) electrons. The van der Waals surface area contributed by atoms with Gasteiger partial charge >= 0.3 is 5.97 Å². The zero-order valence-electron chi connectivity index (χ0n) is 15.8. The number of likely N-dealkylation sites (tertiary alicyclic amines) is 1. The highest BCUT2D eigenvalue weighted by atomic mass is 32.2. The molecule has 28 heavy (non-hydrogen) atoms. The summed E-state index contributed by atoms with van der Waals surface area (Å²) in [6.45, 7) is 1.95. The number of oxazole rings is 1. The Morgan fingerprint density at radius 1 is 1.25 bits per heavy atom. The topological polar surface area (TPSA) is 107 Å². The number of piperidine rings is 1. The summed E-state index contributed by atoms with van der Waals surface area (Å²) in [5, 5.41) is 0. The van der Waals surface area contributed by atoms with Crippen LogP contribution < -0.4 is 0 Å². The van der Waals surface area contributed by atoms with Gasteiger partial charge in [0.25, 0.3) is 0 Å². The molecule has 8 nitrogen and oxygen atoms in total. The molecule has 2 aromatic rings. The molecule has 0 aliphatic carbocycles. The smallest absolute Gasteiger partial charge is 0.329 e. The first-order valence-electron chi connectivity index (χ1n) is 8.94. The molecule has 1 fully saturated rings. The van der Waals surface area contributed by atoms with E-state index in [2.05, 4.69) is 4.98 Å². The molecule has 1 aliphatic rings. The van der Waals surface area contributed by atoms with Crippen molar-refractivity contribution in [3.05, 3.63) is 36.2 Å². The minimum atomic E-state index is -3.27. The van der Waals surface area contributed by atoms with Crippen LogP contribution in [0.25, 0.3) is 11.5 Å². The highest BCUT2D eigenvalue weighted by molar-refractivity contribution is 7.90. The van der Waals surface area contributed by atoms with Crippen molar-refractivity contribution in [2.24, 2.45) is 0 Å². The van der Waals surface area contributed by atoms with Crippen molar-refractivity contribution >= 4 is 21.7 Å². The van der Waals surface area contributed by atoms with Crippen LogP contribution in [0.5, 0.6) is 0 Å². The zero-order valence-corrected chi connectivity index (χ0v) is 16.6. The van der Waals surface area contributed by atoms with Gasteiger partial charge in [0, 0.05) is 25.3 Å². The van der Waals surface area contributed by atoms with Gasteiger partial charge in [0.05, 0.1) is 4.90 Å². The molecule has 2 heterocycles. The lowest BCUT2D eigenvalue weighted by atomic mass is 10.0. The predicted octanol–water partition coefficient (Wildman–Crippen LogP) is 2.19. The van der Waals surface area contributed by atoms with Gasteiger partial charge in [-0.05, 0) is 43.5 Å². The van der Waals surface area contributed by atoms with Crippen LogP contribution in [0, 0.1) is 0 Å². The lowest BCUT2D eigenvalue weighted by Crippen LogP contribution is -2.47. The maximum absolute atomic E-state index is 12.4. The Kier molecular flexibility index (Phi) is 5.83. The zero-order chi connectivity index (χ0) is 20.3. The Hall–Kier alpha value is -2.68. The van der Waals surface area contributed by atoms with Gasteiger partial charge in [-0.2, -0.15) is 0 Å². The van der Waals surface area contributed by atoms with E-state index in [1.165, 1.54) is 25.3 Å². The van der Waals surface area contributed by atoms with Crippen LogP contribution in [-0.4, -0.2) is 49.0 Å². The first-order valence-corrected chi connectivity index (χ1v) is 10.8. The predicted molar refractivity (Wildman–Crippen MR) is 99.9 cm³/mol. The summed E-state index contributed by atoms with van der Waals surface area (Å²) in [6.07, 6.45) is 4.88. The third-order valence-corrected chi connectivity index (χ3v) is 5.75. The van der Waals surface area contributed by atoms with Gasteiger partial charge in [-0.15, -0.1) is 0 Å². The highest BCUT2D eigenvalue weighted by Crippen LogP contribution is 2.22. The first-order chi connectivity index (χ1) is 13.3. The molecule has 0 spiro atoms. The largest absolute Gasteiger partial charge is 0.458 e. The standard InChI is InChI=1S/C19H22N2O6S/c1-13(22)21-10-4-3-5-17(21)19(23)27-12-15-11-26-18(20-15)14-6-8-16(9-7-14)28(2,24)25/h6-9,11,17H,3-5,10,12H2,1-2H3. The summed E-state index contributed by atoms with van der Waals surface area (Å²) in [4.78, 5) is 30.1. The average molecular weight is 406 g/mol. The fourth-order valence-corrected chi connectivity index (χ4v) is 3.78. The molecular formula is C19H22N2O6S. The van der Waals surface area contributed by atoms with Crippen LogP contribution in [-0.2, 0) is 30.8 Å². The van der Waals surface area contributed by atoms with E-state index in [4.69, 9.17) is 9.15 Å². The van der Waals surface area contributed by atoms with Crippen LogP contribution >= 0.6 is 0 Å². The van der Waals surface area contributed by atoms with Gasteiger partial charge in [-0.1, -0.05) is 0 Å². The number of aromatic nitrogens is 1. The number of rotatable bonds is 5. The summed E-state index contributed by atoms with van der Waals surface area (Å²) in [6, 6.07) is 5.61. The van der Waals surface area contributed by atoms with Crippen LogP contribution in [0.3, 0.4) is 0 Å². The number of nitrogens with zero attached hydrogens (tertiary/aromatic N) is 2. The molecule has 1 unspecified atom stereocenters. The van der Waals surface area contributed by atoms with Crippen molar-refractivity contribution in [2.75, 3.05) is 12.8 Å². The van der Waals surface area contributed by atoms with E-state index >= 15 is 0 Å². The molecule has 9 heteroatoms. The summed E-state index contributed by atoms with van der Waals surface area (Å²) >= 11 is 0. The lowest BCUT2D eigenvalue weighted by Gasteiger charge is -2.33. The van der Waals surface area contributed by atoms with E-state index in [9.17, 15) is 18.0 Å². The molecule has 1 saturated heterocycles. The Balaban J connectivity index is 1.63. The molecule has 0 N–H and O–H groups in total. The molecule has 0 saturated carbocycles. The molecule has 150 valence electrons. The third kappa shape index (κ3) is 4.59. The van der Waals surface area contributed by atoms with E-state index in [1.54, 1.807) is 17.0 Å². The summed E-state index contributed by atoms with van der Waals surface area (Å²) in [5.74, 6) is -0.283. The van der Waals surface area contributed by atoms with Crippen molar-refractivity contribution in [1.29, 1.82) is 0 Å². The van der Waals surface area contributed by atoms with Crippen molar-refractivity contribution in [2.45, 2.75) is 43.7 Å². The Morgan fingerprint density at radius 2 is 1.96 bits per heavy atom. The molecule has 1 aromatic heterocycles. The number of ether oxygens (including phenoxy) is 1. The molecule has 3 rings (SSSR count). The van der Waals surface area contributed by atoms with Gasteiger partial charge in [0.1, 0.15) is 24.6 Å². The maximum atomic E-state index is 12.4.